The molecule has 0 spiro atoms. The fraction of sp³-hybridized carbons (Fsp3) is 0.263. The Labute approximate surface area is 145 Å². The third-order valence-electron chi connectivity index (χ3n) is 3.97. The average molecular weight is 340 g/mol. The Morgan fingerprint density at radius 1 is 1.20 bits per heavy atom. The van der Waals surface area contributed by atoms with Gasteiger partial charge in [-0.25, -0.2) is 0 Å². The molecule has 0 unspecified atom stereocenters. The molecule has 0 saturated heterocycles. The van der Waals surface area contributed by atoms with Crippen molar-refractivity contribution >= 4 is 28.5 Å². The average Bonchev–Trinajstić information content (AvgIpc) is 3.19. The van der Waals surface area contributed by atoms with Crippen LogP contribution in [0.2, 0.25) is 0 Å². The number of benzene rings is 1. The molecule has 130 valence electrons. The molecule has 0 radical (unpaired) electrons. The first-order valence-electron chi connectivity index (χ1n) is 8.23. The van der Waals surface area contributed by atoms with E-state index in [1.807, 2.05) is 28.8 Å². The summed E-state index contributed by atoms with van der Waals surface area (Å²) in [6.45, 7) is 2.79. The van der Waals surface area contributed by atoms with Crippen molar-refractivity contribution < 1.29 is 18.7 Å². The van der Waals surface area contributed by atoms with E-state index in [0.717, 1.165) is 10.9 Å². The zero-order valence-electron chi connectivity index (χ0n) is 14.0. The molecule has 2 heterocycles. The highest BCUT2D eigenvalue weighted by atomic mass is 16.5. The molecule has 0 saturated carbocycles. The number of furan rings is 1. The van der Waals surface area contributed by atoms with E-state index in [9.17, 15) is 9.59 Å². The summed E-state index contributed by atoms with van der Waals surface area (Å²) >= 11 is 0. The molecule has 3 aromatic rings. The van der Waals surface area contributed by atoms with Crippen molar-refractivity contribution in [1.29, 1.82) is 0 Å². The lowest BCUT2D eigenvalue weighted by Gasteiger charge is -2.05. The van der Waals surface area contributed by atoms with Gasteiger partial charge in [0.25, 0.3) is 0 Å². The monoisotopic (exact) mass is 340 g/mol. The molecule has 2 aromatic heterocycles. The van der Waals surface area contributed by atoms with Gasteiger partial charge in [-0.15, -0.1) is 0 Å². The lowest BCUT2D eigenvalue weighted by Crippen LogP contribution is -2.06. The normalized spacial score (nSPS) is 10.9. The number of ether oxygens (including phenoxy) is 1. The number of ketones is 1. The van der Waals surface area contributed by atoms with Gasteiger partial charge in [-0.2, -0.15) is 0 Å². The summed E-state index contributed by atoms with van der Waals surface area (Å²) in [6.07, 6.45) is 2.79. The number of hydrogen-bond acceptors (Lipinski definition) is 5. The molecule has 0 fully saturated rings. The van der Waals surface area contributed by atoms with Crippen LogP contribution in [-0.4, -0.2) is 22.9 Å². The van der Waals surface area contributed by atoms with Gasteiger partial charge in [0.2, 0.25) is 5.78 Å². The number of esters is 1. The Hall–Kier alpha value is -3.02. The summed E-state index contributed by atoms with van der Waals surface area (Å²) in [4.78, 5) is 24.2. The van der Waals surface area contributed by atoms with Crippen LogP contribution in [0.4, 0.5) is 5.88 Å². The molecule has 0 aliphatic rings. The van der Waals surface area contributed by atoms with Crippen molar-refractivity contribution in [2.75, 3.05) is 12.3 Å². The Bertz CT molecular complexity index is 907. The molecule has 6 heteroatoms. The van der Waals surface area contributed by atoms with Crippen LogP contribution in [0.1, 0.15) is 35.9 Å². The number of hydrogen-bond donors (Lipinski definition) is 1. The first-order valence-corrected chi connectivity index (χ1v) is 8.23. The number of nitrogens with zero attached hydrogens (tertiary/aromatic N) is 1. The summed E-state index contributed by atoms with van der Waals surface area (Å²) in [5, 5.41) is 0.846. The summed E-state index contributed by atoms with van der Waals surface area (Å²) in [5.41, 5.74) is 7.06. The van der Waals surface area contributed by atoms with Gasteiger partial charge in [-0.3, -0.25) is 9.59 Å². The largest absolute Gasteiger partial charge is 0.466 e. The van der Waals surface area contributed by atoms with Crippen LogP contribution in [0, 0.1) is 0 Å². The second-order valence-corrected chi connectivity index (χ2v) is 5.69. The third-order valence-corrected chi connectivity index (χ3v) is 3.97. The fourth-order valence-electron chi connectivity index (χ4n) is 2.85. The fourth-order valence-corrected chi connectivity index (χ4v) is 2.85. The van der Waals surface area contributed by atoms with Gasteiger partial charge in [0.05, 0.1) is 12.2 Å². The van der Waals surface area contributed by atoms with Crippen LogP contribution in [0.3, 0.4) is 0 Å². The lowest BCUT2D eigenvalue weighted by molar-refractivity contribution is -0.143. The first kappa shape index (κ1) is 16.8. The summed E-state index contributed by atoms with van der Waals surface area (Å²) < 4.78 is 12.2. The second kappa shape index (κ2) is 7.25. The van der Waals surface area contributed by atoms with Gasteiger partial charge in [-0.1, -0.05) is 18.2 Å². The molecule has 1 aromatic carbocycles. The van der Waals surface area contributed by atoms with Crippen LogP contribution in [0.15, 0.2) is 47.0 Å². The van der Waals surface area contributed by atoms with Crippen molar-refractivity contribution in [2.45, 2.75) is 26.3 Å². The van der Waals surface area contributed by atoms with Crippen LogP contribution in [0.5, 0.6) is 0 Å². The van der Waals surface area contributed by atoms with Crippen molar-refractivity contribution in [3.05, 3.63) is 53.9 Å². The SMILES string of the molecule is CCOC(=O)CCCn1cc(C(=O)c2ccc(N)o2)c2ccccc21. The highest BCUT2D eigenvalue weighted by Gasteiger charge is 2.19. The van der Waals surface area contributed by atoms with Crippen molar-refractivity contribution in [2.24, 2.45) is 0 Å². The topological polar surface area (TPSA) is 87.5 Å². The summed E-state index contributed by atoms with van der Waals surface area (Å²) in [6, 6.07) is 10.8. The molecule has 0 bridgehead atoms. The molecular formula is C19H20N2O4. The predicted octanol–water partition coefficient (Wildman–Crippen LogP) is 3.39. The molecule has 0 aliphatic heterocycles. The Morgan fingerprint density at radius 3 is 2.72 bits per heavy atom. The molecule has 0 amide bonds. The zero-order chi connectivity index (χ0) is 17.8. The highest BCUT2D eigenvalue weighted by Crippen LogP contribution is 2.25. The maximum Gasteiger partial charge on any atom is 0.305 e. The minimum Gasteiger partial charge on any atom is -0.466 e. The van der Waals surface area contributed by atoms with Crippen LogP contribution >= 0.6 is 0 Å². The van der Waals surface area contributed by atoms with Crippen molar-refractivity contribution in [1.82, 2.24) is 4.57 Å². The van der Waals surface area contributed by atoms with Gasteiger partial charge in [0, 0.05) is 36.1 Å². The maximum atomic E-state index is 12.7. The summed E-state index contributed by atoms with van der Waals surface area (Å²) in [5.74, 6) is 0.00631. The van der Waals surface area contributed by atoms with E-state index in [-0.39, 0.29) is 23.4 Å². The third kappa shape index (κ3) is 3.57. The van der Waals surface area contributed by atoms with E-state index < -0.39 is 0 Å². The van der Waals surface area contributed by atoms with Crippen molar-refractivity contribution in [3.8, 4) is 0 Å². The van der Waals surface area contributed by atoms with Gasteiger partial charge in [-0.05, 0) is 25.5 Å². The molecule has 25 heavy (non-hydrogen) atoms. The minimum absolute atomic E-state index is 0.207. The van der Waals surface area contributed by atoms with Gasteiger partial charge in [0.1, 0.15) is 0 Å². The highest BCUT2D eigenvalue weighted by molar-refractivity contribution is 6.15. The Balaban J connectivity index is 1.85. The number of carbonyl (C=O) groups is 2. The number of nitrogen functional groups attached to an aromatic ring is 1. The van der Waals surface area contributed by atoms with E-state index in [0.29, 0.717) is 31.6 Å². The molecule has 0 aliphatic carbocycles. The quantitative estimate of drug-likeness (QED) is 0.526. The number of aromatic nitrogens is 1. The van der Waals surface area contributed by atoms with Gasteiger partial charge < -0.3 is 19.5 Å². The van der Waals surface area contributed by atoms with E-state index in [1.54, 1.807) is 25.3 Å². The van der Waals surface area contributed by atoms with Gasteiger partial charge >= 0.3 is 5.97 Å². The smallest absolute Gasteiger partial charge is 0.305 e. The number of carbonyl (C=O) groups excluding carboxylic acids is 2. The van der Waals surface area contributed by atoms with Crippen LogP contribution in [0.25, 0.3) is 10.9 Å². The minimum atomic E-state index is -0.211. The van der Waals surface area contributed by atoms with Gasteiger partial charge in [0.15, 0.2) is 11.6 Å². The number of nitrogens with two attached hydrogens (primary N) is 1. The maximum absolute atomic E-state index is 12.7. The van der Waals surface area contributed by atoms with E-state index in [2.05, 4.69) is 0 Å². The zero-order valence-corrected chi connectivity index (χ0v) is 14.0. The number of fused-ring (bicyclic) bond motifs is 1. The van der Waals surface area contributed by atoms with Crippen LogP contribution in [-0.2, 0) is 16.1 Å². The van der Waals surface area contributed by atoms with E-state index >= 15 is 0 Å². The second-order valence-electron chi connectivity index (χ2n) is 5.69. The molecule has 2 N–H and O–H groups in total. The van der Waals surface area contributed by atoms with Crippen LogP contribution < -0.4 is 5.73 Å². The predicted molar refractivity (Wildman–Crippen MR) is 94.4 cm³/mol. The van der Waals surface area contributed by atoms with E-state index in [4.69, 9.17) is 14.9 Å². The number of para-hydroxylation sites is 1. The first-order chi connectivity index (χ1) is 12.1. The molecule has 6 nitrogen and oxygen atoms in total. The molecule has 0 atom stereocenters. The van der Waals surface area contributed by atoms with Crippen molar-refractivity contribution in [3.63, 3.8) is 0 Å². The number of anilines is 1. The number of rotatable bonds is 7. The van der Waals surface area contributed by atoms with E-state index in [1.165, 1.54) is 0 Å². The number of aryl methyl sites for hydroxylation is 1. The molecule has 3 rings (SSSR count). The molecular weight excluding hydrogens is 320 g/mol. The standard InChI is InChI=1S/C19H20N2O4/c1-2-24-18(22)8-5-11-21-12-14(13-6-3-4-7-15(13)21)19(23)16-9-10-17(20)25-16/h3-4,6-7,9-10,12H,2,5,8,11,20H2,1H3. The summed E-state index contributed by atoms with van der Waals surface area (Å²) in [7, 11) is 0. The lowest BCUT2D eigenvalue weighted by atomic mass is 10.1. The Kier molecular flexibility index (Phi) is 4.88. The Morgan fingerprint density at radius 2 is 2.00 bits per heavy atom.